The normalized spacial score (nSPS) is 17.7. The van der Waals surface area contributed by atoms with Gasteiger partial charge in [0.25, 0.3) is 5.91 Å². The van der Waals surface area contributed by atoms with Crippen LogP contribution in [0.2, 0.25) is 0 Å². The molecule has 132 valence electrons. The first-order valence-corrected chi connectivity index (χ1v) is 9.07. The van der Waals surface area contributed by atoms with E-state index in [-0.39, 0.29) is 5.91 Å². The third-order valence-electron chi connectivity index (χ3n) is 5.25. The van der Waals surface area contributed by atoms with Crippen molar-refractivity contribution in [2.24, 2.45) is 0 Å². The zero-order chi connectivity index (χ0) is 17.5. The number of aromatic amines is 1. The average molecular weight is 348 g/mol. The Labute approximate surface area is 151 Å². The molecule has 0 atom stereocenters. The zero-order valence-electron chi connectivity index (χ0n) is 14.4. The first-order chi connectivity index (χ1) is 12.8. The van der Waals surface area contributed by atoms with E-state index in [1.54, 1.807) is 6.33 Å². The first kappa shape index (κ1) is 15.3. The van der Waals surface area contributed by atoms with E-state index in [0.29, 0.717) is 24.7 Å². The van der Waals surface area contributed by atoms with Crippen molar-refractivity contribution in [2.75, 3.05) is 31.1 Å². The van der Waals surface area contributed by atoms with Gasteiger partial charge in [0.2, 0.25) is 0 Å². The molecule has 0 bridgehead atoms. The van der Waals surface area contributed by atoms with Crippen LogP contribution in [0.15, 0.2) is 36.8 Å². The van der Waals surface area contributed by atoms with Gasteiger partial charge in [0.05, 0.1) is 5.52 Å². The van der Waals surface area contributed by atoms with Crippen LogP contribution in [-0.4, -0.2) is 57.2 Å². The van der Waals surface area contributed by atoms with Crippen molar-refractivity contribution in [3.63, 3.8) is 0 Å². The molecule has 1 amide bonds. The summed E-state index contributed by atoms with van der Waals surface area (Å²) in [7, 11) is 0. The molecule has 2 fully saturated rings. The van der Waals surface area contributed by atoms with E-state index in [1.807, 2.05) is 23.2 Å². The number of anilines is 1. The standard InChI is InChI=1S/C19H20N6O/c26-19(18-10-17(22-23-18)13-1-2-13)25-7-5-24(6-8-25)15-3-4-16-14(9-15)11-20-12-21-16/h3-4,9-13H,1-2,5-8H2,(H,22,23). The van der Waals surface area contributed by atoms with Gasteiger partial charge in [-0.2, -0.15) is 5.10 Å². The molecule has 2 aromatic heterocycles. The molecule has 3 aromatic rings. The molecule has 0 spiro atoms. The van der Waals surface area contributed by atoms with Crippen molar-refractivity contribution < 1.29 is 4.79 Å². The molecule has 2 aliphatic rings. The van der Waals surface area contributed by atoms with Gasteiger partial charge in [-0.1, -0.05) is 0 Å². The van der Waals surface area contributed by atoms with Crippen LogP contribution in [0.4, 0.5) is 5.69 Å². The number of H-pyrrole nitrogens is 1. The van der Waals surface area contributed by atoms with Crippen LogP contribution in [0.1, 0.15) is 34.9 Å². The van der Waals surface area contributed by atoms with Crippen molar-refractivity contribution in [3.8, 4) is 0 Å². The molecule has 7 nitrogen and oxygen atoms in total. The maximum absolute atomic E-state index is 12.7. The fraction of sp³-hybridized carbons (Fsp3) is 0.368. The minimum absolute atomic E-state index is 0.0275. The molecule has 7 heteroatoms. The number of hydrogen-bond donors (Lipinski definition) is 1. The Bertz CT molecular complexity index is 955. The highest BCUT2D eigenvalue weighted by molar-refractivity contribution is 5.92. The van der Waals surface area contributed by atoms with Crippen molar-refractivity contribution in [1.29, 1.82) is 0 Å². The Hall–Kier alpha value is -2.96. The summed E-state index contributed by atoms with van der Waals surface area (Å²) in [5, 5.41) is 8.27. The molecule has 5 rings (SSSR count). The lowest BCUT2D eigenvalue weighted by atomic mass is 10.2. The van der Waals surface area contributed by atoms with E-state index >= 15 is 0 Å². The number of carbonyl (C=O) groups is 1. The molecule has 1 aliphatic heterocycles. The van der Waals surface area contributed by atoms with E-state index in [9.17, 15) is 4.79 Å². The first-order valence-electron chi connectivity index (χ1n) is 9.07. The number of nitrogens with one attached hydrogen (secondary N) is 1. The van der Waals surface area contributed by atoms with Crippen LogP contribution in [0.3, 0.4) is 0 Å². The van der Waals surface area contributed by atoms with Gasteiger partial charge >= 0.3 is 0 Å². The molecule has 0 unspecified atom stereocenters. The number of nitrogens with zero attached hydrogens (tertiary/aromatic N) is 5. The van der Waals surface area contributed by atoms with Gasteiger partial charge < -0.3 is 9.80 Å². The van der Waals surface area contributed by atoms with Crippen molar-refractivity contribution in [1.82, 2.24) is 25.1 Å². The van der Waals surface area contributed by atoms with Crippen molar-refractivity contribution in [2.45, 2.75) is 18.8 Å². The van der Waals surface area contributed by atoms with Gasteiger partial charge in [-0.15, -0.1) is 0 Å². The number of piperazine rings is 1. The summed E-state index contributed by atoms with van der Waals surface area (Å²) in [5.41, 5.74) is 3.74. The molecular formula is C19H20N6O. The highest BCUT2D eigenvalue weighted by atomic mass is 16.2. The summed E-state index contributed by atoms with van der Waals surface area (Å²) in [5.74, 6) is 0.609. The van der Waals surface area contributed by atoms with Crippen LogP contribution >= 0.6 is 0 Å². The lowest BCUT2D eigenvalue weighted by Crippen LogP contribution is -2.48. The fourth-order valence-electron chi connectivity index (χ4n) is 3.55. The Kier molecular flexibility index (Phi) is 3.58. The minimum atomic E-state index is 0.0275. The van der Waals surface area contributed by atoms with Crippen molar-refractivity contribution >= 4 is 22.5 Å². The second-order valence-corrected chi connectivity index (χ2v) is 7.03. The molecule has 1 N–H and O–H groups in total. The fourth-order valence-corrected chi connectivity index (χ4v) is 3.55. The number of benzene rings is 1. The third kappa shape index (κ3) is 2.79. The van der Waals surface area contributed by atoms with Gasteiger partial charge in [-0.25, -0.2) is 9.97 Å². The SMILES string of the molecule is O=C(c1cc(C2CC2)[nH]n1)N1CCN(c2ccc3ncncc3c2)CC1. The number of rotatable bonds is 3. The second kappa shape index (κ2) is 6.09. The lowest BCUT2D eigenvalue weighted by molar-refractivity contribution is 0.0741. The number of fused-ring (bicyclic) bond motifs is 1. The number of hydrogen-bond acceptors (Lipinski definition) is 5. The summed E-state index contributed by atoms with van der Waals surface area (Å²) in [6.07, 6.45) is 5.80. The Morgan fingerprint density at radius 3 is 2.77 bits per heavy atom. The summed E-state index contributed by atoms with van der Waals surface area (Å²) in [4.78, 5) is 25.2. The summed E-state index contributed by atoms with van der Waals surface area (Å²) < 4.78 is 0. The van der Waals surface area contributed by atoms with Crippen LogP contribution in [0.25, 0.3) is 10.9 Å². The summed E-state index contributed by atoms with van der Waals surface area (Å²) in [6, 6.07) is 8.15. The molecule has 1 saturated carbocycles. The highest BCUT2D eigenvalue weighted by Gasteiger charge is 2.28. The second-order valence-electron chi connectivity index (χ2n) is 7.03. The van der Waals surface area contributed by atoms with Crippen LogP contribution in [-0.2, 0) is 0 Å². The van der Waals surface area contributed by atoms with Gasteiger partial charge in [0, 0.05) is 55.1 Å². The number of carbonyl (C=O) groups excluding carboxylic acids is 1. The number of amides is 1. The summed E-state index contributed by atoms with van der Waals surface area (Å²) in [6.45, 7) is 3.03. The molecule has 26 heavy (non-hydrogen) atoms. The number of aromatic nitrogens is 4. The molecule has 3 heterocycles. The zero-order valence-corrected chi connectivity index (χ0v) is 14.4. The van der Waals surface area contributed by atoms with Gasteiger partial charge in [0.1, 0.15) is 12.0 Å². The monoisotopic (exact) mass is 348 g/mol. The Morgan fingerprint density at radius 1 is 1.12 bits per heavy atom. The maximum Gasteiger partial charge on any atom is 0.274 e. The Balaban J connectivity index is 1.26. The lowest BCUT2D eigenvalue weighted by Gasteiger charge is -2.35. The van der Waals surface area contributed by atoms with Crippen LogP contribution in [0.5, 0.6) is 0 Å². The predicted octanol–water partition coefficient (Wildman–Crippen LogP) is 2.19. The van der Waals surface area contributed by atoms with Gasteiger partial charge in [-0.3, -0.25) is 9.89 Å². The Morgan fingerprint density at radius 2 is 1.96 bits per heavy atom. The third-order valence-corrected chi connectivity index (χ3v) is 5.25. The highest BCUT2D eigenvalue weighted by Crippen LogP contribution is 2.39. The molecular weight excluding hydrogens is 328 g/mol. The topological polar surface area (TPSA) is 78.0 Å². The van der Waals surface area contributed by atoms with E-state index in [2.05, 4.69) is 37.2 Å². The minimum Gasteiger partial charge on any atom is -0.368 e. The van der Waals surface area contributed by atoms with Gasteiger partial charge in [-0.05, 0) is 37.1 Å². The van der Waals surface area contributed by atoms with E-state index in [1.165, 1.54) is 12.8 Å². The van der Waals surface area contributed by atoms with Crippen molar-refractivity contribution in [3.05, 3.63) is 48.2 Å². The van der Waals surface area contributed by atoms with E-state index < -0.39 is 0 Å². The largest absolute Gasteiger partial charge is 0.368 e. The van der Waals surface area contributed by atoms with Gasteiger partial charge in [0.15, 0.2) is 0 Å². The quantitative estimate of drug-likeness (QED) is 0.785. The molecule has 1 aromatic carbocycles. The molecule has 1 aliphatic carbocycles. The van der Waals surface area contributed by atoms with Crippen LogP contribution in [0, 0.1) is 0 Å². The average Bonchev–Trinajstić information content (AvgIpc) is 3.44. The predicted molar refractivity (Wildman–Crippen MR) is 98.2 cm³/mol. The maximum atomic E-state index is 12.7. The van der Waals surface area contributed by atoms with Crippen LogP contribution < -0.4 is 4.90 Å². The van der Waals surface area contributed by atoms with E-state index in [0.717, 1.165) is 35.4 Å². The molecule has 0 radical (unpaired) electrons. The van der Waals surface area contributed by atoms with E-state index in [4.69, 9.17) is 0 Å². The molecule has 1 saturated heterocycles. The summed E-state index contributed by atoms with van der Waals surface area (Å²) >= 11 is 0. The smallest absolute Gasteiger partial charge is 0.274 e.